The number of carboxylic acid groups (broad SMARTS) is 1. The Balaban J connectivity index is 2.47. The zero-order chi connectivity index (χ0) is 16.3. The maximum Gasteiger partial charge on any atom is 0.319 e. The van der Waals surface area contributed by atoms with Crippen molar-refractivity contribution in [1.82, 2.24) is 4.90 Å². The van der Waals surface area contributed by atoms with E-state index in [4.69, 9.17) is 4.74 Å². The highest BCUT2D eigenvalue weighted by atomic mass is 32.2. The minimum atomic E-state index is -0.918. The van der Waals surface area contributed by atoms with E-state index in [9.17, 15) is 15.2 Å². The number of benzene rings is 1. The monoisotopic (exact) mass is 320 g/mol. The van der Waals surface area contributed by atoms with Crippen LogP contribution in [0.1, 0.15) is 26.3 Å². The molecule has 0 saturated carbocycles. The Hall–Kier alpha value is -1.87. The number of nitriles is 1. The van der Waals surface area contributed by atoms with Gasteiger partial charge in [-0.15, -0.1) is 11.8 Å². The number of ether oxygens (including phenoxy) is 1. The molecule has 22 heavy (non-hydrogen) atoms. The fraction of sp³-hybridized carbons (Fsp3) is 0.500. The van der Waals surface area contributed by atoms with E-state index >= 15 is 0 Å². The number of aliphatic carboxylic acids is 1. The molecule has 1 aromatic rings. The molecule has 0 aromatic heterocycles. The summed E-state index contributed by atoms with van der Waals surface area (Å²) in [5.41, 5.74) is -0.173. The predicted molar refractivity (Wildman–Crippen MR) is 85.5 cm³/mol. The fourth-order valence-corrected chi connectivity index (χ4v) is 3.93. The Kier molecular flexibility index (Phi) is 4.87. The van der Waals surface area contributed by atoms with Gasteiger partial charge < -0.3 is 9.84 Å². The van der Waals surface area contributed by atoms with Crippen LogP contribution in [0.4, 0.5) is 0 Å². The van der Waals surface area contributed by atoms with E-state index < -0.39 is 16.8 Å². The van der Waals surface area contributed by atoms with Gasteiger partial charge in [-0.05, 0) is 18.9 Å². The Morgan fingerprint density at radius 1 is 1.59 bits per heavy atom. The summed E-state index contributed by atoms with van der Waals surface area (Å²) in [5.74, 6) is 0.459. The van der Waals surface area contributed by atoms with Gasteiger partial charge in [0.05, 0.1) is 18.0 Å². The number of nitrogens with zero attached hydrogens (tertiary/aromatic N) is 2. The summed E-state index contributed by atoms with van der Waals surface area (Å²) in [6.45, 7) is 6.45. The van der Waals surface area contributed by atoms with Crippen LogP contribution in [-0.4, -0.2) is 33.7 Å². The van der Waals surface area contributed by atoms with Gasteiger partial charge in [0.25, 0.3) is 0 Å². The minimum Gasteiger partial charge on any atom is -0.493 e. The molecule has 2 unspecified atom stereocenters. The van der Waals surface area contributed by atoms with E-state index in [1.165, 1.54) is 16.7 Å². The van der Waals surface area contributed by atoms with Crippen molar-refractivity contribution >= 4 is 17.7 Å². The fourth-order valence-electron chi connectivity index (χ4n) is 2.59. The van der Waals surface area contributed by atoms with Gasteiger partial charge in [0.1, 0.15) is 11.0 Å². The molecule has 1 aliphatic rings. The van der Waals surface area contributed by atoms with E-state index in [1.54, 1.807) is 6.92 Å². The quantitative estimate of drug-likeness (QED) is 0.841. The number of rotatable bonds is 5. The first-order chi connectivity index (χ1) is 10.4. The van der Waals surface area contributed by atoms with Crippen molar-refractivity contribution in [1.29, 1.82) is 5.26 Å². The van der Waals surface area contributed by atoms with Crippen molar-refractivity contribution in [3.8, 4) is 11.9 Å². The summed E-state index contributed by atoms with van der Waals surface area (Å²) in [5, 5.41) is 18.2. The van der Waals surface area contributed by atoms with Crippen LogP contribution < -0.4 is 4.74 Å². The van der Waals surface area contributed by atoms with Gasteiger partial charge in [0.2, 0.25) is 0 Å². The highest BCUT2D eigenvalue weighted by Gasteiger charge is 2.52. The average molecular weight is 320 g/mol. The first-order valence-corrected chi connectivity index (χ1v) is 8.20. The molecule has 1 aliphatic heterocycles. The lowest BCUT2D eigenvalue weighted by atomic mass is 9.86. The SMILES string of the molecule is CC(C)COc1ccccc1C1(C)C(C(=O)O)SCN1C#N. The molecule has 0 spiro atoms. The van der Waals surface area contributed by atoms with Crippen LogP contribution in [0, 0.1) is 17.4 Å². The third kappa shape index (κ3) is 2.86. The first-order valence-electron chi connectivity index (χ1n) is 7.15. The number of carboxylic acids is 1. The molecule has 1 aromatic carbocycles. The second-order valence-electron chi connectivity index (χ2n) is 5.89. The van der Waals surface area contributed by atoms with Gasteiger partial charge in [-0.1, -0.05) is 32.0 Å². The van der Waals surface area contributed by atoms with Crippen LogP contribution in [0.2, 0.25) is 0 Å². The average Bonchev–Trinajstić information content (AvgIpc) is 2.83. The number of para-hydroxylation sites is 1. The summed E-state index contributed by atoms with van der Waals surface area (Å²) in [7, 11) is 0. The second kappa shape index (κ2) is 6.49. The van der Waals surface area contributed by atoms with Gasteiger partial charge in [-0.25, -0.2) is 0 Å². The molecule has 0 aliphatic carbocycles. The van der Waals surface area contributed by atoms with Gasteiger partial charge in [-0.3, -0.25) is 9.69 Å². The Labute approximate surface area is 134 Å². The van der Waals surface area contributed by atoms with Crippen molar-refractivity contribution in [3.05, 3.63) is 29.8 Å². The van der Waals surface area contributed by atoms with Gasteiger partial charge >= 0.3 is 5.97 Å². The molecule has 0 bridgehead atoms. The second-order valence-corrected chi connectivity index (χ2v) is 6.95. The third-order valence-corrected chi connectivity index (χ3v) is 5.19. The molecule has 118 valence electrons. The lowest BCUT2D eigenvalue weighted by molar-refractivity contribution is -0.138. The zero-order valence-corrected chi connectivity index (χ0v) is 13.8. The van der Waals surface area contributed by atoms with Crippen molar-refractivity contribution in [2.45, 2.75) is 31.6 Å². The number of hydrogen-bond acceptors (Lipinski definition) is 5. The van der Waals surface area contributed by atoms with E-state index in [-0.39, 0.29) is 0 Å². The summed E-state index contributed by atoms with van der Waals surface area (Å²) >= 11 is 1.27. The predicted octanol–water partition coefficient (Wildman–Crippen LogP) is 2.88. The number of hydrogen-bond donors (Lipinski definition) is 1. The topological polar surface area (TPSA) is 73.6 Å². The molecule has 1 saturated heterocycles. The Morgan fingerprint density at radius 3 is 2.86 bits per heavy atom. The van der Waals surface area contributed by atoms with Crippen LogP contribution in [0.25, 0.3) is 0 Å². The maximum atomic E-state index is 11.6. The van der Waals surface area contributed by atoms with Gasteiger partial charge in [0.15, 0.2) is 6.19 Å². The van der Waals surface area contributed by atoms with Crippen molar-refractivity contribution in [2.24, 2.45) is 5.92 Å². The van der Waals surface area contributed by atoms with E-state index in [2.05, 4.69) is 20.0 Å². The smallest absolute Gasteiger partial charge is 0.319 e. The van der Waals surface area contributed by atoms with E-state index in [1.807, 2.05) is 24.3 Å². The Bertz CT molecular complexity index is 599. The number of thioether (sulfide) groups is 1. The molecule has 2 rings (SSSR count). The highest BCUT2D eigenvalue weighted by molar-refractivity contribution is 8.00. The number of carbonyl (C=O) groups is 1. The molecule has 6 heteroatoms. The molecule has 0 amide bonds. The van der Waals surface area contributed by atoms with Crippen LogP contribution >= 0.6 is 11.8 Å². The van der Waals surface area contributed by atoms with Gasteiger partial charge in [-0.2, -0.15) is 5.26 Å². The van der Waals surface area contributed by atoms with Gasteiger partial charge in [0, 0.05) is 5.56 Å². The molecule has 2 atom stereocenters. The lowest BCUT2D eigenvalue weighted by Crippen LogP contribution is -2.45. The molecule has 5 nitrogen and oxygen atoms in total. The summed E-state index contributed by atoms with van der Waals surface area (Å²) in [4.78, 5) is 13.2. The molecular formula is C16H20N2O3S. The third-order valence-electron chi connectivity index (χ3n) is 3.79. The normalized spacial score (nSPS) is 24.3. The van der Waals surface area contributed by atoms with Crippen LogP contribution in [0.15, 0.2) is 24.3 Å². The van der Waals surface area contributed by atoms with Crippen molar-refractivity contribution < 1.29 is 14.6 Å². The van der Waals surface area contributed by atoms with Crippen LogP contribution in [0.5, 0.6) is 5.75 Å². The first kappa shape index (κ1) is 16.5. The molecule has 1 N–H and O–H groups in total. The Morgan fingerprint density at radius 2 is 2.27 bits per heavy atom. The van der Waals surface area contributed by atoms with Crippen LogP contribution in [-0.2, 0) is 10.3 Å². The zero-order valence-electron chi connectivity index (χ0n) is 12.9. The highest BCUT2D eigenvalue weighted by Crippen LogP contribution is 2.47. The van der Waals surface area contributed by atoms with Crippen molar-refractivity contribution in [2.75, 3.05) is 12.5 Å². The summed E-state index contributed by atoms with van der Waals surface area (Å²) in [6, 6.07) is 7.39. The van der Waals surface area contributed by atoms with Crippen LogP contribution in [0.3, 0.4) is 0 Å². The summed E-state index contributed by atoms with van der Waals surface area (Å²) in [6.07, 6.45) is 2.12. The molecule has 1 heterocycles. The molecular weight excluding hydrogens is 300 g/mol. The van der Waals surface area contributed by atoms with E-state index in [0.29, 0.717) is 24.2 Å². The molecule has 0 radical (unpaired) electrons. The maximum absolute atomic E-state index is 11.6. The minimum absolute atomic E-state index is 0.362. The lowest BCUT2D eigenvalue weighted by Gasteiger charge is -2.35. The summed E-state index contributed by atoms with van der Waals surface area (Å²) < 4.78 is 5.86. The molecule has 1 fully saturated rings. The standard InChI is InChI=1S/C16H20N2O3S/c1-11(2)8-21-13-7-5-4-6-12(13)16(3)14(15(19)20)22-10-18(16)9-17/h4-7,11,14H,8,10H2,1-3H3,(H,19,20). The largest absolute Gasteiger partial charge is 0.493 e. The van der Waals surface area contributed by atoms with Crippen molar-refractivity contribution in [3.63, 3.8) is 0 Å². The van der Waals surface area contributed by atoms with E-state index in [0.717, 1.165) is 5.56 Å².